The van der Waals surface area contributed by atoms with Crippen molar-refractivity contribution in [3.63, 3.8) is 0 Å². The van der Waals surface area contributed by atoms with Gasteiger partial charge in [0, 0.05) is 35.8 Å². The largest absolute Gasteiger partial charge is 0.378 e. The van der Waals surface area contributed by atoms with Crippen LogP contribution in [-0.2, 0) is 4.74 Å². The van der Waals surface area contributed by atoms with Crippen LogP contribution in [0, 0.1) is 10.1 Å². The second-order valence-electron chi connectivity index (χ2n) is 6.42. The number of carbonyl (C=O) groups is 1. The van der Waals surface area contributed by atoms with E-state index >= 15 is 0 Å². The van der Waals surface area contributed by atoms with E-state index in [-0.39, 0.29) is 11.3 Å². The van der Waals surface area contributed by atoms with Crippen molar-refractivity contribution in [3.8, 4) is 11.3 Å². The van der Waals surface area contributed by atoms with Gasteiger partial charge in [-0.2, -0.15) is 0 Å². The van der Waals surface area contributed by atoms with Crippen LogP contribution in [0.2, 0.25) is 0 Å². The van der Waals surface area contributed by atoms with Crippen molar-refractivity contribution in [1.82, 2.24) is 4.98 Å². The number of anilines is 2. The van der Waals surface area contributed by atoms with Gasteiger partial charge in [-0.3, -0.25) is 14.9 Å². The van der Waals surface area contributed by atoms with Gasteiger partial charge in [0.1, 0.15) is 5.56 Å². The molecule has 148 valence electrons. The zero-order valence-corrected chi connectivity index (χ0v) is 16.2. The molecule has 0 atom stereocenters. The van der Waals surface area contributed by atoms with Gasteiger partial charge in [-0.25, -0.2) is 4.98 Å². The monoisotopic (exact) mass is 410 g/mol. The van der Waals surface area contributed by atoms with Gasteiger partial charge < -0.3 is 15.0 Å². The number of thiazole rings is 1. The first kappa shape index (κ1) is 19.0. The van der Waals surface area contributed by atoms with Crippen molar-refractivity contribution in [2.24, 2.45) is 0 Å². The van der Waals surface area contributed by atoms with E-state index in [0.717, 1.165) is 29.5 Å². The molecule has 1 aromatic heterocycles. The Morgan fingerprint density at radius 2 is 1.86 bits per heavy atom. The lowest BCUT2D eigenvalue weighted by atomic mass is 10.1. The molecular formula is C20H18N4O4S. The number of benzene rings is 2. The molecule has 4 rings (SSSR count). The molecule has 1 aliphatic heterocycles. The molecule has 0 bridgehead atoms. The highest BCUT2D eigenvalue weighted by Gasteiger charge is 2.19. The summed E-state index contributed by atoms with van der Waals surface area (Å²) in [5.74, 6) is -0.520. The minimum absolute atomic E-state index is 0.0243. The molecule has 1 amide bonds. The molecule has 0 aliphatic carbocycles. The lowest BCUT2D eigenvalue weighted by Gasteiger charge is -2.26. The van der Waals surface area contributed by atoms with Gasteiger partial charge in [0.15, 0.2) is 5.13 Å². The zero-order chi connectivity index (χ0) is 20.2. The van der Waals surface area contributed by atoms with Crippen molar-refractivity contribution in [2.75, 3.05) is 36.5 Å². The molecule has 3 aromatic rings. The number of carbonyl (C=O) groups excluding carboxylic acids is 1. The highest BCUT2D eigenvalue weighted by Crippen LogP contribution is 2.29. The number of nitrogens with one attached hydrogen (secondary N) is 1. The van der Waals surface area contributed by atoms with Gasteiger partial charge in [0.05, 0.1) is 23.8 Å². The van der Waals surface area contributed by atoms with E-state index in [4.69, 9.17) is 9.72 Å². The van der Waals surface area contributed by atoms with Crippen molar-refractivity contribution < 1.29 is 14.5 Å². The highest BCUT2D eigenvalue weighted by atomic mass is 32.1. The summed E-state index contributed by atoms with van der Waals surface area (Å²) in [5, 5.41) is 16.8. The lowest BCUT2D eigenvalue weighted by Crippen LogP contribution is -2.36. The summed E-state index contributed by atoms with van der Waals surface area (Å²) >= 11 is 1.59. The number of amides is 1. The standard InChI is InChI=1S/C20H18N4O4S/c25-19(16-3-1-2-4-18(16)24(26)27)21-15-7-5-14(6-8-15)17-13-29-20(22-17)23-9-11-28-12-10-23/h1-8,13H,9-12H2,(H,21,25). The van der Waals surface area contributed by atoms with Gasteiger partial charge >= 0.3 is 0 Å². The Morgan fingerprint density at radius 3 is 2.59 bits per heavy atom. The molecule has 1 N–H and O–H groups in total. The summed E-state index contributed by atoms with van der Waals surface area (Å²) in [4.78, 5) is 29.9. The third-order valence-corrected chi connectivity index (χ3v) is 5.46. The number of rotatable bonds is 5. The number of ether oxygens (including phenoxy) is 1. The number of nitro groups is 1. The molecule has 0 spiro atoms. The molecule has 1 fully saturated rings. The molecule has 0 unspecified atom stereocenters. The Labute approximate surface area is 170 Å². The van der Waals surface area contributed by atoms with Crippen LogP contribution in [0.4, 0.5) is 16.5 Å². The average molecular weight is 410 g/mol. The highest BCUT2D eigenvalue weighted by molar-refractivity contribution is 7.14. The first-order valence-corrected chi connectivity index (χ1v) is 9.93. The molecule has 8 nitrogen and oxygen atoms in total. The van der Waals surface area contributed by atoms with Crippen LogP contribution in [-0.4, -0.2) is 42.1 Å². The zero-order valence-electron chi connectivity index (χ0n) is 15.4. The molecule has 0 saturated carbocycles. The number of nitro benzene ring substituents is 1. The van der Waals surface area contributed by atoms with Crippen LogP contribution >= 0.6 is 11.3 Å². The van der Waals surface area contributed by atoms with Crippen molar-refractivity contribution >= 4 is 33.8 Å². The molecular weight excluding hydrogens is 392 g/mol. The summed E-state index contributed by atoms with van der Waals surface area (Å²) in [6.45, 7) is 3.10. The number of hydrogen-bond acceptors (Lipinski definition) is 7. The van der Waals surface area contributed by atoms with E-state index in [0.29, 0.717) is 18.9 Å². The fraction of sp³-hybridized carbons (Fsp3) is 0.200. The van der Waals surface area contributed by atoms with E-state index < -0.39 is 10.8 Å². The fourth-order valence-corrected chi connectivity index (χ4v) is 3.93. The molecule has 1 saturated heterocycles. The van der Waals surface area contributed by atoms with E-state index in [1.165, 1.54) is 18.2 Å². The first-order chi connectivity index (χ1) is 14.1. The Balaban J connectivity index is 1.47. The smallest absolute Gasteiger partial charge is 0.282 e. The van der Waals surface area contributed by atoms with Crippen LogP contribution in [0.1, 0.15) is 10.4 Å². The second-order valence-corrected chi connectivity index (χ2v) is 7.26. The minimum Gasteiger partial charge on any atom is -0.378 e. The molecule has 29 heavy (non-hydrogen) atoms. The molecule has 0 radical (unpaired) electrons. The van der Waals surface area contributed by atoms with Gasteiger partial charge in [0.25, 0.3) is 11.6 Å². The van der Waals surface area contributed by atoms with E-state index in [9.17, 15) is 14.9 Å². The maximum atomic E-state index is 12.4. The summed E-state index contributed by atoms with van der Waals surface area (Å²) in [5.41, 5.74) is 2.16. The van der Waals surface area contributed by atoms with Gasteiger partial charge in [-0.05, 0) is 18.2 Å². The second kappa shape index (κ2) is 8.38. The summed E-state index contributed by atoms with van der Waals surface area (Å²) in [6, 6.07) is 13.1. The Bertz CT molecular complexity index is 1030. The lowest BCUT2D eigenvalue weighted by molar-refractivity contribution is -0.385. The SMILES string of the molecule is O=C(Nc1ccc(-c2csc(N3CCOCC3)n2)cc1)c1ccccc1[N+](=O)[O-]. The van der Waals surface area contributed by atoms with Gasteiger partial charge in [-0.15, -0.1) is 11.3 Å². The van der Waals surface area contributed by atoms with Gasteiger partial charge in [0.2, 0.25) is 0 Å². The summed E-state index contributed by atoms with van der Waals surface area (Å²) in [7, 11) is 0. The first-order valence-electron chi connectivity index (χ1n) is 9.05. The van der Waals surface area contributed by atoms with Gasteiger partial charge in [-0.1, -0.05) is 24.3 Å². The summed E-state index contributed by atoms with van der Waals surface area (Å²) < 4.78 is 5.37. The number of aromatic nitrogens is 1. The van der Waals surface area contributed by atoms with Crippen molar-refractivity contribution in [2.45, 2.75) is 0 Å². The van der Waals surface area contributed by atoms with Crippen LogP contribution in [0.3, 0.4) is 0 Å². The van der Waals surface area contributed by atoms with E-state index in [1.807, 2.05) is 17.5 Å². The molecule has 9 heteroatoms. The Morgan fingerprint density at radius 1 is 1.14 bits per heavy atom. The van der Waals surface area contributed by atoms with Crippen molar-refractivity contribution in [3.05, 3.63) is 69.6 Å². The predicted octanol–water partition coefficient (Wildman–Crippen LogP) is 3.81. The van der Waals surface area contributed by atoms with Crippen LogP contribution in [0.25, 0.3) is 11.3 Å². The normalized spacial score (nSPS) is 13.9. The predicted molar refractivity (Wildman–Crippen MR) is 112 cm³/mol. The third kappa shape index (κ3) is 4.25. The number of morpholine rings is 1. The minimum atomic E-state index is -0.563. The van der Waals surface area contributed by atoms with Crippen LogP contribution in [0.15, 0.2) is 53.9 Å². The summed E-state index contributed by atoms with van der Waals surface area (Å²) in [6.07, 6.45) is 0. The maximum Gasteiger partial charge on any atom is 0.282 e. The van der Waals surface area contributed by atoms with Crippen molar-refractivity contribution in [1.29, 1.82) is 0 Å². The molecule has 2 aromatic carbocycles. The Kier molecular flexibility index (Phi) is 5.50. The fourth-order valence-electron chi connectivity index (χ4n) is 3.04. The Hall–Kier alpha value is -3.30. The van der Waals surface area contributed by atoms with E-state index in [2.05, 4.69) is 10.2 Å². The number of hydrogen-bond donors (Lipinski definition) is 1. The van der Waals surface area contributed by atoms with E-state index in [1.54, 1.807) is 29.5 Å². The number of nitrogens with zero attached hydrogens (tertiary/aromatic N) is 3. The molecule has 1 aliphatic rings. The molecule has 2 heterocycles. The number of para-hydroxylation sites is 1. The third-order valence-electron chi connectivity index (χ3n) is 4.56. The maximum absolute atomic E-state index is 12.4. The quantitative estimate of drug-likeness (QED) is 0.507. The van der Waals surface area contributed by atoms with Crippen LogP contribution < -0.4 is 10.2 Å². The average Bonchev–Trinajstić information content (AvgIpc) is 3.25. The topological polar surface area (TPSA) is 97.6 Å². The van der Waals surface area contributed by atoms with Crippen LogP contribution in [0.5, 0.6) is 0 Å².